The number of aliphatic hydroxyl groups is 1. The van der Waals surface area contributed by atoms with Crippen molar-refractivity contribution in [2.24, 2.45) is 0 Å². The van der Waals surface area contributed by atoms with Gasteiger partial charge in [-0.25, -0.2) is 31.6 Å². The Morgan fingerprint density at radius 3 is 2.64 bits per heavy atom. The maximum absolute atomic E-state index is 15.4. The molecule has 0 aliphatic rings. The number of nitrogens with zero attached hydrogens (tertiary/aromatic N) is 4. The average Bonchev–Trinajstić information content (AvgIpc) is 3.49. The number of H-pyrrole nitrogens is 1. The van der Waals surface area contributed by atoms with Crippen molar-refractivity contribution in [2.45, 2.75) is 18.4 Å². The summed E-state index contributed by atoms with van der Waals surface area (Å²) in [4.78, 5) is 14.6. The molecule has 5 rings (SSSR count). The van der Waals surface area contributed by atoms with E-state index in [1.54, 1.807) is 6.07 Å². The van der Waals surface area contributed by atoms with Crippen LogP contribution >= 0.6 is 0 Å². The molecule has 0 fully saturated rings. The molecule has 0 unspecified atom stereocenters. The first-order chi connectivity index (χ1) is 17.2. The number of aryl methyl sites for hydroxylation is 1. The lowest BCUT2D eigenvalue weighted by Crippen LogP contribution is -2.16. The van der Waals surface area contributed by atoms with Gasteiger partial charge in [-0.3, -0.25) is 9.71 Å². The standard InChI is InChI=1S/C23H17F3N6O3S/c1-12-19(6-14(24)7-27-12)36(34,35)31-17-4-3-16(25)20(21(17)26)13-2-5-18-22(29-11-32(18)9-13)23-28-8-15(10-33)30-23/h2-9,11,31,33H,10H2,1H3,(H,28,30). The van der Waals surface area contributed by atoms with Crippen LogP contribution in [0.5, 0.6) is 0 Å². The molecule has 0 amide bonds. The number of hydrogen-bond acceptors (Lipinski definition) is 6. The lowest BCUT2D eigenvalue weighted by molar-refractivity contribution is 0.277. The molecule has 0 spiro atoms. The van der Waals surface area contributed by atoms with Crippen LogP contribution in [-0.4, -0.2) is 37.9 Å². The van der Waals surface area contributed by atoms with Gasteiger partial charge in [0.2, 0.25) is 0 Å². The molecule has 0 aliphatic carbocycles. The molecule has 184 valence electrons. The molecule has 5 aromatic rings. The number of benzene rings is 1. The normalized spacial score (nSPS) is 11.8. The lowest BCUT2D eigenvalue weighted by atomic mass is 10.0. The molecule has 9 nitrogen and oxygen atoms in total. The first-order valence-corrected chi connectivity index (χ1v) is 11.9. The topological polar surface area (TPSA) is 125 Å². The van der Waals surface area contributed by atoms with Gasteiger partial charge in [0.05, 0.1) is 47.2 Å². The molecule has 3 N–H and O–H groups in total. The number of hydrogen-bond donors (Lipinski definition) is 3. The van der Waals surface area contributed by atoms with E-state index in [0.717, 1.165) is 24.4 Å². The summed E-state index contributed by atoms with van der Waals surface area (Å²) in [6, 6.07) is 5.67. The Morgan fingerprint density at radius 2 is 1.89 bits per heavy atom. The van der Waals surface area contributed by atoms with Crippen LogP contribution < -0.4 is 4.72 Å². The van der Waals surface area contributed by atoms with Gasteiger partial charge in [0.25, 0.3) is 10.0 Å². The third kappa shape index (κ3) is 4.07. The summed E-state index contributed by atoms with van der Waals surface area (Å²) in [5.74, 6) is -2.54. The van der Waals surface area contributed by atoms with Crippen molar-refractivity contribution in [2.75, 3.05) is 4.72 Å². The van der Waals surface area contributed by atoms with Crippen LogP contribution in [0.25, 0.3) is 28.2 Å². The quantitative estimate of drug-likeness (QED) is 0.317. The van der Waals surface area contributed by atoms with Gasteiger partial charge in [-0.15, -0.1) is 0 Å². The molecule has 0 bridgehead atoms. The number of fused-ring (bicyclic) bond motifs is 1. The zero-order valence-corrected chi connectivity index (χ0v) is 19.3. The molecule has 13 heteroatoms. The van der Waals surface area contributed by atoms with Crippen molar-refractivity contribution in [3.05, 3.63) is 84.1 Å². The fraction of sp³-hybridized carbons (Fsp3) is 0.0870. The highest BCUT2D eigenvalue weighted by Crippen LogP contribution is 2.33. The maximum atomic E-state index is 15.4. The zero-order valence-electron chi connectivity index (χ0n) is 18.5. The summed E-state index contributed by atoms with van der Waals surface area (Å²) in [7, 11) is -4.42. The molecule has 1 aromatic carbocycles. The minimum Gasteiger partial charge on any atom is -0.390 e. The van der Waals surface area contributed by atoms with Gasteiger partial charge in [0, 0.05) is 11.8 Å². The highest BCUT2D eigenvalue weighted by Gasteiger charge is 2.24. The van der Waals surface area contributed by atoms with E-state index >= 15 is 4.39 Å². The predicted octanol–water partition coefficient (Wildman–Crippen LogP) is 3.81. The Kier molecular flexibility index (Phi) is 5.73. The lowest BCUT2D eigenvalue weighted by Gasteiger charge is -2.14. The predicted molar refractivity (Wildman–Crippen MR) is 124 cm³/mol. The molecule has 0 aliphatic heterocycles. The van der Waals surface area contributed by atoms with E-state index in [4.69, 9.17) is 0 Å². The number of rotatable bonds is 6. The second-order valence-electron chi connectivity index (χ2n) is 7.85. The van der Waals surface area contributed by atoms with Crippen molar-refractivity contribution in [3.8, 4) is 22.6 Å². The molecule has 0 radical (unpaired) electrons. The van der Waals surface area contributed by atoms with Crippen LogP contribution in [0.4, 0.5) is 18.9 Å². The van der Waals surface area contributed by atoms with Crippen molar-refractivity contribution in [1.29, 1.82) is 0 Å². The number of halogens is 3. The summed E-state index contributed by atoms with van der Waals surface area (Å²) in [6.07, 6.45) is 5.19. The summed E-state index contributed by atoms with van der Waals surface area (Å²) < 4.78 is 72.9. The van der Waals surface area contributed by atoms with E-state index < -0.39 is 43.6 Å². The second kappa shape index (κ2) is 8.77. The van der Waals surface area contributed by atoms with E-state index in [9.17, 15) is 22.3 Å². The first kappa shape index (κ1) is 23.5. The number of nitrogens with one attached hydrogen (secondary N) is 2. The number of sulfonamides is 1. The fourth-order valence-corrected chi connectivity index (χ4v) is 5.01. The Labute approximate surface area is 202 Å². The number of aromatic amines is 1. The van der Waals surface area contributed by atoms with Crippen LogP contribution in [0.1, 0.15) is 11.4 Å². The Hall–Kier alpha value is -4.23. The van der Waals surface area contributed by atoms with Gasteiger partial charge >= 0.3 is 0 Å². The number of aliphatic hydroxyl groups excluding tert-OH is 1. The molecule has 0 atom stereocenters. The van der Waals surface area contributed by atoms with Gasteiger partial charge in [-0.2, -0.15) is 0 Å². The zero-order chi connectivity index (χ0) is 25.6. The van der Waals surface area contributed by atoms with Crippen LogP contribution in [0.3, 0.4) is 0 Å². The minimum absolute atomic E-state index is 0.00988. The van der Waals surface area contributed by atoms with E-state index in [2.05, 4.69) is 24.7 Å². The van der Waals surface area contributed by atoms with Gasteiger partial charge in [0.1, 0.15) is 28.6 Å². The van der Waals surface area contributed by atoms with Crippen LogP contribution in [-0.2, 0) is 16.6 Å². The number of imidazole rings is 2. The number of pyridine rings is 2. The smallest absolute Gasteiger partial charge is 0.263 e. The van der Waals surface area contributed by atoms with E-state index in [1.165, 1.54) is 36.1 Å². The summed E-state index contributed by atoms with van der Waals surface area (Å²) >= 11 is 0. The molecule has 0 saturated heterocycles. The van der Waals surface area contributed by atoms with Crippen molar-refractivity contribution in [1.82, 2.24) is 24.3 Å². The van der Waals surface area contributed by atoms with Crippen molar-refractivity contribution >= 4 is 21.2 Å². The molecule has 0 saturated carbocycles. The average molecular weight is 514 g/mol. The molecule has 36 heavy (non-hydrogen) atoms. The summed E-state index contributed by atoms with van der Waals surface area (Å²) in [5, 5.41) is 9.23. The SMILES string of the molecule is Cc1ncc(F)cc1S(=O)(=O)Nc1ccc(F)c(-c2ccc3c(-c4ncc(CO)[nH]4)ncn3c2)c1F. The molecule has 4 heterocycles. The van der Waals surface area contributed by atoms with Crippen molar-refractivity contribution < 1.29 is 26.7 Å². The second-order valence-corrected chi connectivity index (χ2v) is 9.50. The molecular formula is C23H17F3N6O3S. The Morgan fingerprint density at radius 1 is 1.08 bits per heavy atom. The van der Waals surface area contributed by atoms with Gasteiger partial charge < -0.3 is 14.5 Å². The highest BCUT2D eigenvalue weighted by molar-refractivity contribution is 7.92. The van der Waals surface area contributed by atoms with E-state index in [-0.39, 0.29) is 17.9 Å². The van der Waals surface area contributed by atoms with Gasteiger partial charge in [0.15, 0.2) is 11.6 Å². The highest BCUT2D eigenvalue weighted by atomic mass is 32.2. The Bertz CT molecular complexity index is 1730. The van der Waals surface area contributed by atoms with Gasteiger partial charge in [-0.1, -0.05) is 6.07 Å². The van der Waals surface area contributed by atoms with Crippen LogP contribution in [0.15, 0.2) is 60.1 Å². The fourth-order valence-electron chi connectivity index (χ4n) is 3.75. The van der Waals surface area contributed by atoms with Gasteiger partial charge in [-0.05, 0) is 31.2 Å². The van der Waals surface area contributed by atoms with E-state index in [0.29, 0.717) is 22.7 Å². The minimum atomic E-state index is -4.42. The molecule has 4 aromatic heterocycles. The summed E-state index contributed by atoms with van der Waals surface area (Å²) in [6.45, 7) is 1.14. The number of aromatic nitrogens is 5. The monoisotopic (exact) mass is 514 g/mol. The molecular weight excluding hydrogens is 497 g/mol. The maximum Gasteiger partial charge on any atom is 0.263 e. The summed E-state index contributed by atoms with van der Waals surface area (Å²) in [5.41, 5.74) is 0.662. The largest absolute Gasteiger partial charge is 0.390 e. The third-order valence-corrected chi connectivity index (χ3v) is 6.96. The van der Waals surface area contributed by atoms with Crippen LogP contribution in [0.2, 0.25) is 0 Å². The van der Waals surface area contributed by atoms with E-state index in [1.807, 2.05) is 0 Å². The Balaban J connectivity index is 1.54. The first-order valence-electron chi connectivity index (χ1n) is 10.4. The van der Waals surface area contributed by atoms with Crippen molar-refractivity contribution in [3.63, 3.8) is 0 Å². The number of anilines is 1. The third-order valence-electron chi connectivity index (χ3n) is 5.47. The van der Waals surface area contributed by atoms with Crippen LogP contribution in [0, 0.1) is 24.4 Å².